The average Bonchev–Trinajstić information content (AvgIpc) is 3.02. The van der Waals surface area contributed by atoms with E-state index in [1.807, 2.05) is 0 Å². The second-order valence-corrected chi connectivity index (χ2v) is 4.97. The predicted molar refractivity (Wildman–Crippen MR) is 84.3 cm³/mol. The summed E-state index contributed by atoms with van der Waals surface area (Å²) in [4.78, 5) is 34.0. The third-order valence-corrected chi connectivity index (χ3v) is 3.05. The fourth-order valence-corrected chi connectivity index (χ4v) is 1.94. The van der Waals surface area contributed by atoms with Gasteiger partial charge in [0.1, 0.15) is 12.4 Å². The highest BCUT2D eigenvalue weighted by atomic mass is 16.5. The van der Waals surface area contributed by atoms with E-state index in [0.29, 0.717) is 11.4 Å². The molecule has 1 aromatic carbocycles. The molecule has 0 aliphatic rings. The summed E-state index contributed by atoms with van der Waals surface area (Å²) in [6, 6.07) is 9.87. The van der Waals surface area contributed by atoms with Crippen LogP contribution in [0, 0.1) is 0 Å². The van der Waals surface area contributed by atoms with E-state index in [1.54, 1.807) is 30.3 Å². The standard InChI is InChI=1S/C17H17NO6/c1-11(19)18-13-5-3-12(4-6-13)9-16(20)23-10-14-7-8-15(24-14)17(21)22-2/h3-8H,9-10H2,1-2H3,(H,18,19). The minimum Gasteiger partial charge on any atom is -0.463 e. The molecule has 0 aliphatic carbocycles. The van der Waals surface area contributed by atoms with Gasteiger partial charge in [-0.25, -0.2) is 4.79 Å². The van der Waals surface area contributed by atoms with Crippen LogP contribution in [0.3, 0.4) is 0 Å². The van der Waals surface area contributed by atoms with Crippen LogP contribution in [0.2, 0.25) is 0 Å². The Bertz CT molecular complexity index is 732. The Morgan fingerprint density at radius 3 is 2.42 bits per heavy atom. The number of furan rings is 1. The molecule has 0 spiro atoms. The first-order chi connectivity index (χ1) is 11.5. The minimum atomic E-state index is -0.591. The third-order valence-electron chi connectivity index (χ3n) is 3.05. The van der Waals surface area contributed by atoms with E-state index in [0.717, 1.165) is 5.56 Å². The van der Waals surface area contributed by atoms with Gasteiger partial charge < -0.3 is 19.2 Å². The van der Waals surface area contributed by atoms with E-state index in [2.05, 4.69) is 10.1 Å². The van der Waals surface area contributed by atoms with Crippen LogP contribution in [0.15, 0.2) is 40.8 Å². The highest BCUT2D eigenvalue weighted by Crippen LogP contribution is 2.13. The van der Waals surface area contributed by atoms with Gasteiger partial charge in [-0.05, 0) is 29.8 Å². The molecule has 0 fully saturated rings. The molecule has 126 valence electrons. The zero-order chi connectivity index (χ0) is 17.5. The zero-order valence-electron chi connectivity index (χ0n) is 13.3. The van der Waals surface area contributed by atoms with Gasteiger partial charge in [0.15, 0.2) is 0 Å². The first-order valence-corrected chi connectivity index (χ1v) is 7.17. The number of carbonyl (C=O) groups excluding carboxylic acids is 3. The number of carbonyl (C=O) groups is 3. The van der Waals surface area contributed by atoms with Gasteiger partial charge in [-0.1, -0.05) is 12.1 Å². The molecule has 1 amide bonds. The highest BCUT2D eigenvalue weighted by Gasteiger charge is 2.12. The molecule has 2 rings (SSSR count). The number of anilines is 1. The van der Waals surface area contributed by atoms with Crippen LogP contribution in [0.5, 0.6) is 0 Å². The molecule has 0 saturated heterocycles. The van der Waals surface area contributed by atoms with E-state index in [-0.39, 0.29) is 24.7 Å². The van der Waals surface area contributed by atoms with Crippen LogP contribution < -0.4 is 5.32 Å². The van der Waals surface area contributed by atoms with Crippen LogP contribution in [0.4, 0.5) is 5.69 Å². The van der Waals surface area contributed by atoms with E-state index >= 15 is 0 Å². The molecule has 0 atom stereocenters. The van der Waals surface area contributed by atoms with E-state index in [4.69, 9.17) is 9.15 Å². The summed E-state index contributed by atoms with van der Waals surface area (Å²) in [6.45, 7) is 1.35. The number of rotatable bonds is 6. The van der Waals surface area contributed by atoms with Gasteiger partial charge >= 0.3 is 11.9 Å². The van der Waals surface area contributed by atoms with Crippen molar-refractivity contribution in [2.45, 2.75) is 20.0 Å². The van der Waals surface area contributed by atoms with Gasteiger partial charge in [0.25, 0.3) is 0 Å². The van der Waals surface area contributed by atoms with Crippen LogP contribution in [-0.2, 0) is 32.1 Å². The molecule has 0 saturated carbocycles. The normalized spacial score (nSPS) is 10.1. The summed E-state index contributed by atoms with van der Waals surface area (Å²) in [5.74, 6) is -0.779. The Hall–Kier alpha value is -3.09. The van der Waals surface area contributed by atoms with Crippen LogP contribution in [0.25, 0.3) is 0 Å². The Kier molecular flexibility index (Phi) is 5.73. The van der Waals surface area contributed by atoms with Crippen molar-refractivity contribution in [2.24, 2.45) is 0 Å². The maximum atomic E-state index is 11.8. The number of hydrogen-bond acceptors (Lipinski definition) is 6. The van der Waals surface area contributed by atoms with Gasteiger partial charge in [-0.2, -0.15) is 0 Å². The fraction of sp³-hybridized carbons (Fsp3) is 0.235. The number of nitrogens with one attached hydrogen (secondary N) is 1. The van der Waals surface area contributed by atoms with Gasteiger partial charge in [-0.3, -0.25) is 9.59 Å². The lowest BCUT2D eigenvalue weighted by Gasteiger charge is -2.05. The Labute approximate surface area is 138 Å². The van der Waals surface area contributed by atoms with Crippen molar-refractivity contribution in [2.75, 3.05) is 12.4 Å². The zero-order valence-corrected chi connectivity index (χ0v) is 13.3. The Morgan fingerprint density at radius 1 is 1.08 bits per heavy atom. The van der Waals surface area contributed by atoms with E-state index < -0.39 is 11.9 Å². The number of esters is 2. The number of methoxy groups -OCH3 is 1. The van der Waals surface area contributed by atoms with Crippen LogP contribution in [-0.4, -0.2) is 25.0 Å². The second-order valence-electron chi connectivity index (χ2n) is 4.97. The van der Waals surface area contributed by atoms with Gasteiger partial charge in [0.2, 0.25) is 11.7 Å². The number of hydrogen-bond donors (Lipinski definition) is 1. The average molecular weight is 331 g/mol. The molecule has 1 aromatic heterocycles. The summed E-state index contributed by atoms with van der Waals surface area (Å²) in [6.07, 6.45) is 0.0882. The molecule has 0 unspecified atom stereocenters. The van der Waals surface area contributed by atoms with Crippen molar-refractivity contribution < 1.29 is 28.3 Å². The smallest absolute Gasteiger partial charge is 0.373 e. The molecule has 7 nitrogen and oxygen atoms in total. The largest absolute Gasteiger partial charge is 0.463 e. The van der Waals surface area contributed by atoms with Crippen molar-refractivity contribution in [3.63, 3.8) is 0 Å². The predicted octanol–water partition coefficient (Wildman–Crippen LogP) is 2.31. The summed E-state index contributed by atoms with van der Waals surface area (Å²) >= 11 is 0. The fourth-order valence-electron chi connectivity index (χ4n) is 1.94. The number of amides is 1. The van der Waals surface area contributed by atoms with Crippen LogP contribution >= 0.6 is 0 Å². The SMILES string of the molecule is COC(=O)c1ccc(COC(=O)Cc2ccc(NC(C)=O)cc2)o1. The molecular weight excluding hydrogens is 314 g/mol. The molecule has 0 aliphatic heterocycles. The van der Waals surface area contributed by atoms with E-state index in [9.17, 15) is 14.4 Å². The molecule has 1 heterocycles. The summed E-state index contributed by atoms with van der Waals surface area (Å²) in [5.41, 5.74) is 1.41. The second kappa shape index (κ2) is 7.96. The maximum absolute atomic E-state index is 11.8. The quantitative estimate of drug-likeness (QED) is 0.816. The Balaban J connectivity index is 1.83. The van der Waals surface area contributed by atoms with Gasteiger partial charge in [0.05, 0.1) is 13.5 Å². The van der Waals surface area contributed by atoms with Crippen molar-refractivity contribution >= 4 is 23.5 Å². The topological polar surface area (TPSA) is 94.8 Å². The van der Waals surface area contributed by atoms with Crippen molar-refractivity contribution in [3.05, 3.63) is 53.5 Å². The number of benzene rings is 1. The Morgan fingerprint density at radius 2 is 1.79 bits per heavy atom. The summed E-state index contributed by atoms with van der Waals surface area (Å²) in [7, 11) is 1.25. The monoisotopic (exact) mass is 331 g/mol. The maximum Gasteiger partial charge on any atom is 0.373 e. The third kappa shape index (κ3) is 4.98. The highest BCUT2D eigenvalue weighted by molar-refractivity contribution is 5.88. The lowest BCUT2D eigenvalue weighted by Crippen LogP contribution is -2.08. The lowest BCUT2D eigenvalue weighted by atomic mass is 10.1. The molecule has 1 N–H and O–H groups in total. The van der Waals surface area contributed by atoms with Crippen molar-refractivity contribution in [1.29, 1.82) is 0 Å². The molecule has 2 aromatic rings. The van der Waals surface area contributed by atoms with Crippen molar-refractivity contribution in [1.82, 2.24) is 0 Å². The van der Waals surface area contributed by atoms with Gasteiger partial charge in [0, 0.05) is 12.6 Å². The summed E-state index contributed by atoms with van der Waals surface area (Å²) < 4.78 is 14.8. The molecule has 24 heavy (non-hydrogen) atoms. The molecular formula is C17H17NO6. The van der Waals surface area contributed by atoms with E-state index in [1.165, 1.54) is 20.1 Å². The molecule has 7 heteroatoms. The van der Waals surface area contributed by atoms with Gasteiger partial charge in [-0.15, -0.1) is 0 Å². The number of ether oxygens (including phenoxy) is 2. The van der Waals surface area contributed by atoms with Crippen LogP contribution in [0.1, 0.15) is 28.8 Å². The first kappa shape index (κ1) is 17.3. The summed E-state index contributed by atoms with van der Waals surface area (Å²) in [5, 5.41) is 2.64. The van der Waals surface area contributed by atoms with Crippen molar-refractivity contribution in [3.8, 4) is 0 Å². The molecule has 0 radical (unpaired) electrons. The minimum absolute atomic E-state index is 0.0529. The lowest BCUT2D eigenvalue weighted by molar-refractivity contribution is -0.144. The molecule has 0 bridgehead atoms. The first-order valence-electron chi connectivity index (χ1n) is 7.17.